The fourth-order valence-corrected chi connectivity index (χ4v) is 6.10. The number of aryl methyl sites for hydroxylation is 1. The minimum atomic E-state index is -0.821. The molecular weight excluding hydrogens is 316 g/mol. The number of hydrogen-bond acceptors (Lipinski definition) is 4. The number of rotatable bonds is 2. The lowest BCUT2D eigenvalue weighted by Gasteiger charge is -2.58. The molecule has 2 bridgehead atoms. The van der Waals surface area contributed by atoms with Gasteiger partial charge in [-0.3, -0.25) is 4.79 Å². The molecule has 0 amide bonds. The first-order valence-corrected chi connectivity index (χ1v) is 8.96. The van der Waals surface area contributed by atoms with E-state index in [0.29, 0.717) is 12.8 Å². The highest BCUT2D eigenvalue weighted by atomic mass is 16.5. The Hall–Kier alpha value is -1.55. The highest BCUT2D eigenvalue weighted by molar-refractivity contribution is 5.86. The summed E-state index contributed by atoms with van der Waals surface area (Å²) < 4.78 is 11.3. The van der Waals surface area contributed by atoms with Crippen LogP contribution < -0.4 is 0 Å². The van der Waals surface area contributed by atoms with Crippen molar-refractivity contribution in [1.82, 2.24) is 0 Å². The van der Waals surface area contributed by atoms with Crippen LogP contribution in [0.5, 0.6) is 5.75 Å². The maximum Gasteiger partial charge on any atom is 0.316 e. The summed E-state index contributed by atoms with van der Waals surface area (Å²) in [6.07, 6.45) is 2.12. The van der Waals surface area contributed by atoms with Crippen LogP contribution in [0.3, 0.4) is 0 Å². The van der Waals surface area contributed by atoms with Gasteiger partial charge in [0.05, 0.1) is 18.6 Å². The molecule has 3 rings (SSSR count). The quantitative estimate of drug-likeness (QED) is 0.810. The minimum absolute atomic E-state index is 0.0547. The number of carbonyl (C=O) groups excluding carboxylic acids is 1. The third kappa shape index (κ3) is 2.41. The van der Waals surface area contributed by atoms with Crippen LogP contribution in [-0.2, 0) is 19.7 Å². The van der Waals surface area contributed by atoms with Crippen LogP contribution in [-0.4, -0.2) is 25.3 Å². The van der Waals surface area contributed by atoms with Gasteiger partial charge in [0.25, 0.3) is 0 Å². The van der Waals surface area contributed by atoms with Crippen molar-refractivity contribution in [2.24, 2.45) is 10.8 Å². The number of carbonyl (C=O) groups is 1. The normalized spacial score (nSPS) is 32.8. The number of fused-ring (bicyclic) bond motifs is 4. The molecule has 1 aromatic carbocycles. The summed E-state index contributed by atoms with van der Waals surface area (Å²) in [6.45, 7) is 10.6. The first-order valence-electron chi connectivity index (χ1n) is 8.96. The van der Waals surface area contributed by atoms with Crippen LogP contribution in [0.15, 0.2) is 6.07 Å². The number of ether oxygens (including phenoxy) is 2. The van der Waals surface area contributed by atoms with E-state index >= 15 is 0 Å². The molecule has 0 spiro atoms. The lowest BCUT2D eigenvalue weighted by molar-refractivity contribution is -0.162. The molecule has 3 atom stereocenters. The summed E-state index contributed by atoms with van der Waals surface area (Å²) in [7, 11) is 3.17. The number of esters is 1. The van der Waals surface area contributed by atoms with Crippen LogP contribution in [0.25, 0.3) is 0 Å². The average Bonchev–Trinajstić information content (AvgIpc) is 2.48. The van der Waals surface area contributed by atoms with Crippen molar-refractivity contribution in [3.05, 3.63) is 28.3 Å². The van der Waals surface area contributed by atoms with Crippen molar-refractivity contribution in [3.8, 4) is 5.75 Å². The maximum atomic E-state index is 13.1. The van der Waals surface area contributed by atoms with Gasteiger partial charge in [0.15, 0.2) is 0 Å². The van der Waals surface area contributed by atoms with Crippen LogP contribution in [0.2, 0.25) is 0 Å². The summed E-state index contributed by atoms with van der Waals surface area (Å²) in [4.78, 5) is 13.1. The summed E-state index contributed by atoms with van der Waals surface area (Å²) in [6, 6.07) is 1.77. The Morgan fingerprint density at radius 1 is 1.16 bits per heavy atom. The van der Waals surface area contributed by atoms with Crippen LogP contribution >= 0.6 is 0 Å². The number of methoxy groups -OCH3 is 2. The Labute approximate surface area is 150 Å². The molecule has 0 heterocycles. The third-order valence-corrected chi connectivity index (χ3v) is 6.43. The monoisotopic (exact) mass is 346 g/mol. The highest BCUT2D eigenvalue weighted by Crippen LogP contribution is 2.66. The van der Waals surface area contributed by atoms with Gasteiger partial charge >= 0.3 is 5.97 Å². The van der Waals surface area contributed by atoms with Gasteiger partial charge in [-0.1, -0.05) is 20.8 Å². The lowest BCUT2D eigenvalue weighted by Crippen LogP contribution is -2.56. The molecule has 0 aliphatic heterocycles. The van der Waals surface area contributed by atoms with Crippen molar-refractivity contribution in [2.75, 3.05) is 14.2 Å². The van der Waals surface area contributed by atoms with E-state index in [2.05, 4.69) is 27.7 Å². The van der Waals surface area contributed by atoms with E-state index in [1.54, 1.807) is 13.2 Å². The minimum Gasteiger partial charge on any atom is -0.508 e. The predicted octanol–water partition coefficient (Wildman–Crippen LogP) is 4.34. The topological polar surface area (TPSA) is 55.8 Å². The number of aromatic hydroxyl groups is 1. The van der Waals surface area contributed by atoms with E-state index in [-0.39, 0.29) is 28.7 Å². The molecule has 2 aliphatic carbocycles. The summed E-state index contributed by atoms with van der Waals surface area (Å²) in [5, 5.41) is 10.9. The first kappa shape index (κ1) is 18.2. The number of benzene rings is 1. The van der Waals surface area contributed by atoms with E-state index in [9.17, 15) is 9.90 Å². The summed E-state index contributed by atoms with van der Waals surface area (Å²) in [5.41, 5.74) is 2.75. The van der Waals surface area contributed by atoms with Crippen molar-refractivity contribution < 1.29 is 19.4 Å². The Kier molecular flexibility index (Phi) is 3.99. The fourth-order valence-electron chi connectivity index (χ4n) is 6.10. The molecule has 1 fully saturated rings. The molecule has 0 aromatic heterocycles. The second-order valence-corrected chi connectivity index (χ2v) is 9.16. The molecule has 25 heavy (non-hydrogen) atoms. The number of phenols is 1. The molecule has 1 N–H and O–H groups in total. The summed E-state index contributed by atoms with van der Waals surface area (Å²) in [5.74, 6) is -0.0637. The molecule has 1 saturated carbocycles. The van der Waals surface area contributed by atoms with Gasteiger partial charge in [-0.05, 0) is 66.7 Å². The average molecular weight is 346 g/mol. The highest BCUT2D eigenvalue weighted by Gasteiger charge is 2.62. The molecule has 3 unspecified atom stereocenters. The SMILES string of the molecule is COC(=O)C12CC(C)(C)CC(C)(C1)C(OC)c1c(C)c(C)cc(O)c12. The number of hydrogen-bond donors (Lipinski definition) is 1. The van der Waals surface area contributed by atoms with Crippen molar-refractivity contribution >= 4 is 5.97 Å². The van der Waals surface area contributed by atoms with E-state index < -0.39 is 5.41 Å². The maximum absolute atomic E-state index is 13.1. The molecule has 4 nitrogen and oxygen atoms in total. The van der Waals surface area contributed by atoms with Gasteiger partial charge in [0.2, 0.25) is 0 Å². The zero-order valence-corrected chi connectivity index (χ0v) is 16.4. The van der Waals surface area contributed by atoms with Crippen LogP contribution in [0.4, 0.5) is 0 Å². The van der Waals surface area contributed by atoms with Gasteiger partial charge in [-0.2, -0.15) is 0 Å². The Morgan fingerprint density at radius 2 is 1.80 bits per heavy atom. The zero-order chi connectivity index (χ0) is 18.8. The molecule has 2 aliphatic rings. The standard InChI is InChI=1S/C21H30O4/c1-12-8-14(22)16-15(13(12)2)17(24-6)20(5)9-19(3,4)10-21(16,11-20)18(23)25-7/h8,17,22H,9-11H2,1-7H3. The molecule has 0 radical (unpaired) electrons. The van der Waals surface area contributed by atoms with E-state index in [1.807, 2.05) is 6.92 Å². The smallest absolute Gasteiger partial charge is 0.316 e. The Bertz CT molecular complexity index is 736. The van der Waals surface area contributed by atoms with E-state index in [1.165, 1.54) is 7.11 Å². The Morgan fingerprint density at radius 3 is 2.36 bits per heavy atom. The van der Waals surface area contributed by atoms with Crippen molar-refractivity contribution in [1.29, 1.82) is 0 Å². The molecular formula is C21H30O4. The lowest BCUT2D eigenvalue weighted by atomic mass is 9.46. The van der Waals surface area contributed by atoms with Crippen molar-refractivity contribution in [3.63, 3.8) is 0 Å². The molecule has 0 saturated heterocycles. The van der Waals surface area contributed by atoms with Gasteiger partial charge in [0.1, 0.15) is 5.75 Å². The van der Waals surface area contributed by atoms with Gasteiger partial charge in [-0.15, -0.1) is 0 Å². The van der Waals surface area contributed by atoms with Gasteiger partial charge < -0.3 is 14.6 Å². The van der Waals surface area contributed by atoms with Gasteiger partial charge in [-0.25, -0.2) is 0 Å². The largest absolute Gasteiger partial charge is 0.508 e. The van der Waals surface area contributed by atoms with Gasteiger partial charge in [0, 0.05) is 12.7 Å². The predicted molar refractivity (Wildman–Crippen MR) is 96.8 cm³/mol. The molecule has 1 aromatic rings. The fraction of sp³-hybridized carbons (Fsp3) is 0.667. The number of phenolic OH excluding ortho intramolecular Hbond substituents is 1. The van der Waals surface area contributed by atoms with E-state index in [0.717, 1.165) is 28.7 Å². The zero-order valence-electron chi connectivity index (χ0n) is 16.4. The molecule has 4 heteroatoms. The Balaban J connectivity index is 2.43. The second kappa shape index (κ2) is 5.47. The van der Waals surface area contributed by atoms with Crippen LogP contribution in [0, 0.1) is 24.7 Å². The second-order valence-electron chi connectivity index (χ2n) is 9.16. The van der Waals surface area contributed by atoms with Crippen molar-refractivity contribution in [2.45, 2.75) is 65.4 Å². The van der Waals surface area contributed by atoms with Crippen LogP contribution in [0.1, 0.15) is 68.4 Å². The molecule has 138 valence electrons. The first-order chi connectivity index (χ1) is 11.5. The van der Waals surface area contributed by atoms with E-state index in [4.69, 9.17) is 9.47 Å². The third-order valence-electron chi connectivity index (χ3n) is 6.43. The summed E-state index contributed by atoms with van der Waals surface area (Å²) >= 11 is 0.